The molecule has 1 N–H and O–H groups in total. The molecule has 4 rings (SSSR count). The Labute approximate surface area is 266 Å². The molecule has 0 radical (unpaired) electrons. The van der Waals surface area contributed by atoms with E-state index in [4.69, 9.17) is 23.2 Å². The Bertz CT molecular complexity index is 1330. The number of nitrogens with zero attached hydrogens (tertiary/aromatic N) is 3. The van der Waals surface area contributed by atoms with Gasteiger partial charge in [-0.2, -0.15) is 0 Å². The normalized spacial score (nSPS) is 14.5. The van der Waals surface area contributed by atoms with Gasteiger partial charge < -0.3 is 10.2 Å². The van der Waals surface area contributed by atoms with Crippen LogP contribution in [0.15, 0.2) is 72.8 Å². The lowest BCUT2D eigenvalue weighted by molar-refractivity contribution is -0.0218. The fraction of sp³-hybridized carbons (Fsp3) is 0.394. The molecule has 9 heteroatoms. The molecule has 0 atom stereocenters. The number of carbonyl (C=O) groups is 2. The summed E-state index contributed by atoms with van der Waals surface area (Å²) in [5.41, 5.74) is 3.80. The van der Waals surface area contributed by atoms with Crippen molar-refractivity contribution in [3.05, 3.63) is 105 Å². The summed E-state index contributed by atoms with van der Waals surface area (Å²) in [4.78, 5) is 28.0. The topological polar surface area (TPSA) is 55.9 Å². The molecule has 0 saturated carbocycles. The maximum Gasteiger partial charge on any atom is 0.317 e. The van der Waals surface area contributed by atoms with Crippen molar-refractivity contribution < 1.29 is 9.59 Å². The number of carbonyl (C=O) groups excluding carboxylic acids is 2. The Morgan fingerprint density at radius 3 is 2.14 bits per heavy atom. The molecular formula is C33H41Cl3N4O2. The second-order valence-corrected chi connectivity index (χ2v) is 12.0. The molecule has 1 heterocycles. The number of benzene rings is 3. The lowest BCUT2D eigenvalue weighted by Gasteiger charge is -2.45. The third-order valence-corrected chi connectivity index (χ3v) is 8.71. The van der Waals surface area contributed by atoms with E-state index >= 15 is 0 Å². The van der Waals surface area contributed by atoms with E-state index < -0.39 is 0 Å². The number of piperidine rings is 1. The molecule has 42 heavy (non-hydrogen) atoms. The van der Waals surface area contributed by atoms with Crippen LogP contribution in [0.25, 0.3) is 0 Å². The fourth-order valence-corrected chi connectivity index (χ4v) is 5.80. The average Bonchev–Trinajstić information content (AvgIpc) is 2.97. The van der Waals surface area contributed by atoms with Gasteiger partial charge in [-0.25, -0.2) is 9.80 Å². The zero-order valence-electron chi connectivity index (χ0n) is 24.6. The van der Waals surface area contributed by atoms with Gasteiger partial charge >= 0.3 is 6.03 Å². The van der Waals surface area contributed by atoms with Gasteiger partial charge in [0, 0.05) is 45.3 Å². The summed E-state index contributed by atoms with van der Waals surface area (Å²) in [5.74, 6) is -0.00188. The Balaban J connectivity index is 0.00000484. The van der Waals surface area contributed by atoms with E-state index in [2.05, 4.69) is 28.5 Å². The minimum atomic E-state index is -0.366. The number of urea groups is 1. The average molecular weight is 632 g/mol. The van der Waals surface area contributed by atoms with Crippen molar-refractivity contribution in [2.75, 3.05) is 34.2 Å². The van der Waals surface area contributed by atoms with Gasteiger partial charge in [-0.1, -0.05) is 77.8 Å². The largest absolute Gasteiger partial charge is 0.332 e. The predicted octanol–water partition coefficient (Wildman–Crippen LogP) is 7.32. The van der Waals surface area contributed by atoms with Crippen LogP contribution in [-0.2, 0) is 19.3 Å². The molecule has 0 spiro atoms. The fourth-order valence-electron chi connectivity index (χ4n) is 5.48. The van der Waals surface area contributed by atoms with Crippen LogP contribution in [0, 0.1) is 0 Å². The molecule has 0 unspecified atom stereocenters. The number of hydrogen-bond donors (Lipinski definition) is 1. The lowest BCUT2D eigenvalue weighted by Crippen LogP contribution is -2.60. The van der Waals surface area contributed by atoms with Crippen LogP contribution >= 0.6 is 35.6 Å². The van der Waals surface area contributed by atoms with E-state index in [1.165, 1.54) is 11.1 Å². The first-order valence-corrected chi connectivity index (χ1v) is 15.0. The minimum Gasteiger partial charge on any atom is -0.332 e. The van der Waals surface area contributed by atoms with Crippen molar-refractivity contribution >= 4 is 47.5 Å². The van der Waals surface area contributed by atoms with Gasteiger partial charge in [-0.15, -0.1) is 12.4 Å². The van der Waals surface area contributed by atoms with E-state index in [0.717, 1.165) is 56.1 Å². The lowest BCUT2D eigenvalue weighted by atomic mass is 9.82. The highest BCUT2D eigenvalue weighted by atomic mass is 35.5. The first-order valence-electron chi connectivity index (χ1n) is 14.3. The summed E-state index contributed by atoms with van der Waals surface area (Å²) >= 11 is 12.2. The van der Waals surface area contributed by atoms with Gasteiger partial charge in [0.05, 0.1) is 10.0 Å². The van der Waals surface area contributed by atoms with Crippen LogP contribution < -0.4 is 5.32 Å². The number of amides is 3. The highest BCUT2D eigenvalue weighted by Gasteiger charge is 2.38. The van der Waals surface area contributed by atoms with Crippen LogP contribution in [0.5, 0.6) is 0 Å². The van der Waals surface area contributed by atoms with Crippen LogP contribution in [-0.4, -0.2) is 66.6 Å². The zero-order chi connectivity index (χ0) is 29.4. The van der Waals surface area contributed by atoms with E-state index in [-0.39, 0.29) is 29.9 Å². The van der Waals surface area contributed by atoms with Crippen molar-refractivity contribution in [1.82, 2.24) is 20.2 Å². The second kappa shape index (κ2) is 15.6. The molecule has 1 fully saturated rings. The van der Waals surface area contributed by atoms with Gasteiger partial charge in [0.2, 0.25) is 0 Å². The molecule has 1 saturated heterocycles. The molecule has 0 aliphatic carbocycles. The summed E-state index contributed by atoms with van der Waals surface area (Å²) in [6, 6.07) is 23.9. The van der Waals surface area contributed by atoms with Crippen molar-refractivity contribution in [2.24, 2.45) is 0 Å². The highest BCUT2D eigenvalue weighted by Crippen LogP contribution is 2.29. The van der Waals surface area contributed by atoms with E-state index in [0.29, 0.717) is 23.1 Å². The molecule has 3 aromatic rings. The Morgan fingerprint density at radius 2 is 1.48 bits per heavy atom. The standard InChI is InChI=1S/C33H40Cl2N4O2.ClH/c1-37(2)32(41)36-33(24-26-12-5-4-6-13-26)19-21-39(22-20-33)38(3)31(40)28-16-10-9-15-27(28)14-8-7-11-25-17-18-29(34)30(35)23-25;/h4-6,9-10,12-13,15-18,23H,7-8,11,14,19-22,24H2,1-3H3,(H,36,41);1H. The summed E-state index contributed by atoms with van der Waals surface area (Å²) < 4.78 is 0. The Morgan fingerprint density at radius 1 is 0.833 bits per heavy atom. The molecular weight excluding hydrogens is 591 g/mol. The maximum absolute atomic E-state index is 13.7. The monoisotopic (exact) mass is 630 g/mol. The number of rotatable bonds is 10. The first kappa shape index (κ1) is 33.7. The van der Waals surface area contributed by atoms with Crippen LogP contribution in [0.4, 0.5) is 4.79 Å². The number of aryl methyl sites for hydroxylation is 2. The summed E-state index contributed by atoms with van der Waals surface area (Å²) in [6.07, 6.45) is 5.94. The molecule has 0 aromatic heterocycles. The van der Waals surface area contributed by atoms with Crippen LogP contribution in [0.3, 0.4) is 0 Å². The molecule has 1 aliphatic rings. The molecule has 0 bridgehead atoms. The van der Waals surface area contributed by atoms with Gasteiger partial charge in [0.25, 0.3) is 5.91 Å². The number of halogens is 3. The van der Waals surface area contributed by atoms with Crippen molar-refractivity contribution in [2.45, 2.75) is 50.5 Å². The minimum absolute atomic E-state index is 0. The van der Waals surface area contributed by atoms with Crippen LogP contribution in [0.2, 0.25) is 10.0 Å². The number of hydrazine groups is 1. The first-order chi connectivity index (χ1) is 19.7. The predicted molar refractivity (Wildman–Crippen MR) is 175 cm³/mol. The maximum atomic E-state index is 13.7. The van der Waals surface area contributed by atoms with Gasteiger partial charge in [0.15, 0.2) is 0 Å². The number of unbranched alkanes of at least 4 members (excludes halogenated alkanes) is 1. The summed E-state index contributed by atoms with van der Waals surface area (Å²) in [7, 11) is 5.38. The summed E-state index contributed by atoms with van der Waals surface area (Å²) in [6.45, 7) is 1.35. The molecule has 3 aromatic carbocycles. The summed E-state index contributed by atoms with van der Waals surface area (Å²) in [5, 5.41) is 8.32. The van der Waals surface area contributed by atoms with Crippen molar-refractivity contribution in [3.8, 4) is 0 Å². The Hall–Kier alpha value is -2.77. The Kier molecular flexibility index (Phi) is 12.6. The third-order valence-electron chi connectivity index (χ3n) is 7.97. The smallest absolute Gasteiger partial charge is 0.317 e. The van der Waals surface area contributed by atoms with E-state index in [1.807, 2.05) is 61.6 Å². The SMILES string of the molecule is CN(C)C(=O)NC1(Cc2ccccc2)CCN(N(C)C(=O)c2ccccc2CCCCc2ccc(Cl)c(Cl)c2)CC1.Cl. The van der Waals surface area contributed by atoms with Gasteiger partial charge in [-0.3, -0.25) is 9.80 Å². The van der Waals surface area contributed by atoms with Crippen molar-refractivity contribution in [3.63, 3.8) is 0 Å². The van der Waals surface area contributed by atoms with Crippen molar-refractivity contribution in [1.29, 1.82) is 0 Å². The van der Waals surface area contributed by atoms with E-state index in [1.54, 1.807) is 24.0 Å². The van der Waals surface area contributed by atoms with Gasteiger partial charge in [-0.05, 0) is 79.8 Å². The quantitative estimate of drug-likeness (QED) is 0.239. The zero-order valence-corrected chi connectivity index (χ0v) is 26.9. The van der Waals surface area contributed by atoms with Crippen LogP contribution in [0.1, 0.15) is 52.7 Å². The molecule has 1 aliphatic heterocycles. The van der Waals surface area contributed by atoms with E-state index in [9.17, 15) is 9.59 Å². The third kappa shape index (κ3) is 8.87. The molecule has 6 nitrogen and oxygen atoms in total. The number of nitrogens with one attached hydrogen (secondary N) is 1. The van der Waals surface area contributed by atoms with Gasteiger partial charge in [0.1, 0.15) is 0 Å². The molecule has 226 valence electrons. The number of hydrogen-bond acceptors (Lipinski definition) is 3. The second-order valence-electron chi connectivity index (χ2n) is 11.2. The highest BCUT2D eigenvalue weighted by molar-refractivity contribution is 6.42. The molecule has 3 amide bonds.